The molecule has 1 unspecified atom stereocenters. The molecule has 29 heavy (non-hydrogen) atoms. The van der Waals surface area contributed by atoms with Gasteiger partial charge >= 0.3 is 0 Å². The lowest BCUT2D eigenvalue weighted by Crippen LogP contribution is -2.02. The van der Waals surface area contributed by atoms with Gasteiger partial charge in [0.25, 0.3) is 0 Å². The Balaban J connectivity index is 1.50. The number of hydrogen-bond acceptors (Lipinski definition) is 0. The average molecular weight is 370 g/mol. The van der Waals surface area contributed by atoms with Gasteiger partial charge in [0.1, 0.15) is 0 Å². The van der Waals surface area contributed by atoms with Crippen LogP contribution in [0.15, 0.2) is 96.1 Å². The lowest BCUT2D eigenvalue weighted by molar-refractivity contribution is 0.917. The Morgan fingerprint density at radius 1 is 0.690 bits per heavy atom. The van der Waals surface area contributed by atoms with Crippen molar-refractivity contribution in [1.82, 2.24) is 0 Å². The van der Waals surface area contributed by atoms with Gasteiger partial charge in [-0.1, -0.05) is 108 Å². The molecule has 4 aromatic carbocycles. The molecule has 0 saturated heterocycles. The molecule has 0 amide bonds. The van der Waals surface area contributed by atoms with Crippen molar-refractivity contribution >= 4 is 22.9 Å². The van der Waals surface area contributed by atoms with Crippen LogP contribution in [0.3, 0.4) is 0 Å². The first-order chi connectivity index (χ1) is 14.3. The molecular weight excluding hydrogens is 348 g/mol. The fraction of sp³-hybridized carbons (Fsp3) is 0.103. The van der Waals surface area contributed by atoms with E-state index in [1.165, 1.54) is 55.3 Å². The van der Waals surface area contributed by atoms with E-state index in [1.807, 2.05) is 0 Å². The fourth-order valence-corrected chi connectivity index (χ4v) is 5.23. The van der Waals surface area contributed by atoms with Crippen molar-refractivity contribution < 1.29 is 0 Å². The maximum absolute atomic E-state index is 2.42. The fourth-order valence-electron chi connectivity index (χ4n) is 5.23. The summed E-state index contributed by atoms with van der Waals surface area (Å²) in [6.45, 7) is 2.29. The van der Waals surface area contributed by atoms with Crippen LogP contribution in [0.2, 0.25) is 0 Å². The number of benzene rings is 4. The maximum Gasteiger partial charge on any atom is 0.0271 e. The van der Waals surface area contributed by atoms with Gasteiger partial charge in [0.15, 0.2) is 0 Å². The van der Waals surface area contributed by atoms with Crippen LogP contribution in [0, 0.1) is 0 Å². The van der Waals surface area contributed by atoms with Gasteiger partial charge < -0.3 is 0 Å². The lowest BCUT2D eigenvalue weighted by atomic mass is 9.86. The Labute approximate surface area is 171 Å². The highest BCUT2D eigenvalue weighted by Crippen LogP contribution is 2.48. The number of allylic oxidation sites excluding steroid dienone is 2. The molecule has 0 spiro atoms. The van der Waals surface area contributed by atoms with Gasteiger partial charge in [-0.3, -0.25) is 0 Å². The second-order valence-corrected chi connectivity index (χ2v) is 8.25. The molecule has 1 atom stereocenters. The van der Waals surface area contributed by atoms with Crippen molar-refractivity contribution in [1.29, 1.82) is 0 Å². The summed E-state index contributed by atoms with van der Waals surface area (Å²) in [5.41, 5.74) is 11.3. The summed E-state index contributed by atoms with van der Waals surface area (Å²) < 4.78 is 0. The Morgan fingerprint density at radius 2 is 1.45 bits per heavy atom. The van der Waals surface area contributed by atoms with Gasteiger partial charge in [0.05, 0.1) is 0 Å². The number of fused-ring (bicyclic) bond motifs is 3. The molecule has 0 aliphatic heterocycles. The van der Waals surface area contributed by atoms with Crippen LogP contribution in [-0.2, 0) is 6.42 Å². The first-order valence-electron chi connectivity index (χ1n) is 10.4. The van der Waals surface area contributed by atoms with Gasteiger partial charge in [-0.25, -0.2) is 0 Å². The van der Waals surface area contributed by atoms with E-state index in [2.05, 4.69) is 104 Å². The predicted octanol–water partition coefficient (Wildman–Crippen LogP) is 7.65. The second kappa shape index (κ2) is 6.32. The van der Waals surface area contributed by atoms with Crippen molar-refractivity contribution in [2.24, 2.45) is 0 Å². The summed E-state index contributed by atoms with van der Waals surface area (Å²) in [5, 5.41) is 2.62. The molecule has 0 nitrogen and oxygen atoms in total. The Bertz CT molecular complexity index is 1330. The molecule has 0 bridgehead atoms. The van der Waals surface area contributed by atoms with Crippen molar-refractivity contribution in [3.63, 3.8) is 0 Å². The molecule has 0 heterocycles. The Kier molecular flexibility index (Phi) is 3.61. The molecule has 0 saturated carbocycles. The van der Waals surface area contributed by atoms with Crippen LogP contribution in [0.25, 0.3) is 34.1 Å². The highest BCUT2D eigenvalue weighted by Gasteiger charge is 2.30. The minimum atomic E-state index is 0.396. The van der Waals surface area contributed by atoms with E-state index >= 15 is 0 Å². The molecule has 0 aromatic heterocycles. The highest BCUT2D eigenvalue weighted by atomic mass is 14.3. The highest BCUT2D eigenvalue weighted by molar-refractivity contribution is 5.99. The standard InChI is InChI=1S/C29H22/c1-19-16-28-26(25-13-6-11-20-8-4-5-12-24(20)25)14-7-15-27(28)29(19)23-17-21-9-2-3-10-22(21)18-23/h2-17,29H,18H2,1H3. The van der Waals surface area contributed by atoms with Gasteiger partial charge in [0.2, 0.25) is 0 Å². The van der Waals surface area contributed by atoms with E-state index in [-0.39, 0.29) is 0 Å². The van der Waals surface area contributed by atoms with Crippen LogP contribution in [-0.4, -0.2) is 0 Å². The van der Waals surface area contributed by atoms with Crippen LogP contribution >= 0.6 is 0 Å². The van der Waals surface area contributed by atoms with Gasteiger partial charge in [-0.05, 0) is 57.5 Å². The molecule has 138 valence electrons. The largest absolute Gasteiger partial charge is 0.0619 e. The molecule has 2 aliphatic carbocycles. The lowest BCUT2D eigenvalue weighted by Gasteiger charge is -2.18. The van der Waals surface area contributed by atoms with Gasteiger partial charge in [-0.2, -0.15) is 0 Å². The first-order valence-corrected chi connectivity index (χ1v) is 10.4. The molecule has 0 fully saturated rings. The topological polar surface area (TPSA) is 0 Å². The molecule has 2 aliphatic rings. The molecule has 6 rings (SSSR count). The van der Waals surface area contributed by atoms with Crippen LogP contribution in [0.5, 0.6) is 0 Å². The molecule has 4 aromatic rings. The minimum absolute atomic E-state index is 0.396. The molecule has 0 radical (unpaired) electrons. The predicted molar refractivity (Wildman–Crippen MR) is 124 cm³/mol. The van der Waals surface area contributed by atoms with Crippen LogP contribution in [0.4, 0.5) is 0 Å². The normalized spacial score (nSPS) is 17.1. The van der Waals surface area contributed by atoms with E-state index < -0.39 is 0 Å². The van der Waals surface area contributed by atoms with E-state index in [4.69, 9.17) is 0 Å². The molecular formula is C29H22. The first kappa shape index (κ1) is 16.6. The summed E-state index contributed by atoms with van der Waals surface area (Å²) in [6.07, 6.45) is 5.89. The number of hydrogen-bond donors (Lipinski definition) is 0. The average Bonchev–Trinajstić information content (AvgIpc) is 3.32. The summed E-state index contributed by atoms with van der Waals surface area (Å²) in [6, 6.07) is 31.0. The zero-order valence-corrected chi connectivity index (χ0v) is 16.5. The van der Waals surface area contributed by atoms with Crippen molar-refractivity contribution in [2.45, 2.75) is 19.3 Å². The van der Waals surface area contributed by atoms with Gasteiger partial charge in [-0.15, -0.1) is 0 Å². The third kappa shape index (κ3) is 2.53. The Morgan fingerprint density at radius 3 is 2.38 bits per heavy atom. The van der Waals surface area contributed by atoms with E-state index in [9.17, 15) is 0 Å². The minimum Gasteiger partial charge on any atom is -0.0619 e. The van der Waals surface area contributed by atoms with Crippen molar-refractivity contribution in [3.8, 4) is 11.1 Å². The zero-order valence-electron chi connectivity index (χ0n) is 16.5. The zero-order chi connectivity index (χ0) is 19.4. The smallest absolute Gasteiger partial charge is 0.0271 e. The second-order valence-electron chi connectivity index (χ2n) is 8.25. The summed E-state index contributed by atoms with van der Waals surface area (Å²) in [7, 11) is 0. The van der Waals surface area contributed by atoms with Crippen molar-refractivity contribution in [3.05, 3.63) is 118 Å². The summed E-state index contributed by atoms with van der Waals surface area (Å²) >= 11 is 0. The Hall–Kier alpha value is -3.38. The summed E-state index contributed by atoms with van der Waals surface area (Å²) in [5.74, 6) is 0.396. The third-order valence-corrected chi connectivity index (χ3v) is 6.52. The van der Waals surface area contributed by atoms with Crippen molar-refractivity contribution in [2.75, 3.05) is 0 Å². The maximum atomic E-state index is 2.42. The summed E-state index contributed by atoms with van der Waals surface area (Å²) in [4.78, 5) is 0. The van der Waals surface area contributed by atoms with Crippen LogP contribution < -0.4 is 0 Å². The van der Waals surface area contributed by atoms with E-state index in [0.717, 1.165) is 6.42 Å². The van der Waals surface area contributed by atoms with E-state index in [1.54, 1.807) is 0 Å². The third-order valence-electron chi connectivity index (χ3n) is 6.52. The van der Waals surface area contributed by atoms with E-state index in [0.29, 0.717) is 5.92 Å². The number of rotatable bonds is 2. The monoisotopic (exact) mass is 370 g/mol. The van der Waals surface area contributed by atoms with Gasteiger partial charge in [0, 0.05) is 5.92 Å². The molecule has 0 N–H and O–H groups in total. The van der Waals surface area contributed by atoms with Crippen LogP contribution in [0.1, 0.15) is 35.1 Å². The SMILES string of the molecule is CC1=Cc2c(-c3cccc4ccccc34)cccc2C1C1=Cc2ccccc2C1. The quantitative estimate of drug-likeness (QED) is 0.340. The molecule has 0 heteroatoms.